The van der Waals surface area contributed by atoms with Gasteiger partial charge in [-0.05, 0) is 35.8 Å². The third-order valence-electron chi connectivity index (χ3n) is 6.08. The summed E-state index contributed by atoms with van der Waals surface area (Å²) in [5.41, 5.74) is 0.705. The van der Waals surface area contributed by atoms with Crippen molar-refractivity contribution in [3.05, 3.63) is 53.4 Å². The molecule has 3 aromatic rings. The van der Waals surface area contributed by atoms with Crippen molar-refractivity contribution in [1.29, 1.82) is 0 Å². The molecule has 2 atom stereocenters. The first-order valence-corrected chi connectivity index (χ1v) is 12.1. The topological polar surface area (TPSA) is 149 Å². The van der Waals surface area contributed by atoms with Gasteiger partial charge in [0.1, 0.15) is 16.9 Å². The highest BCUT2D eigenvalue weighted by atomic mass is 32.2. The molecule has 5 rings (SSSR count). The number of aromatic nitrogens is 3. The highest BCUT2D eigenvalue weighted by molar-refractivity contribution is 7.89. The van der Waals surface area contributed by atoms with Crippen LogP contribution in [0.4, 0.5) is 10.1 Å². The van der Waals surface area contributed by atoms with Gasteiger partial charge in [-0.1, -0.05) is 5.16 Å². The summed E-state index contributed by atoms with van der Waals surface area (Å²) in [7, 11) is -2.56. The maximum Gasteiger partial charge on any atom is 0.277 e. The van der Waals surface area contributed by atoms with Gasteiger partial charge in [-0.15, -0.1) is 0 Å². The first-order chi connectivity index (χ1) is 16.6. The minimum atomic E-state index is -4.09. The van der Waals surface area contributed by atoms with Gasteiger partial charge in [-0.25, -0.2) is 22.2 Å². The van der Waals surface area contributed by atoms with Crippen LogP contribution in [0.3, 0.4) is 0 Å². The van der Waals surface area contributed by atoms with Crippen LogP contribution in [0, 0.1) is 18.7 Å². The molecule has 14 heteroatoms. The fourth-order valence-corrected chi connectivity index (χ4v) is 5.79. The van der Waals surface area contributed by atoms with E-state index < -0.39 is 33.7 Å². The van der Waals surface area contributed by atoms with Gasteiger partial charge >= 0.3 is 0 Å². The molecule has 0 radical (unpaired) electrons. The number of benzene rings is 1. The van der Waals surface area contributed by atoms with E-state index in [1.165, 1.54) is 47.1 Å². The number of carbonyl (C=O) groups excluding carboxylic acids is 2. The van der Waals surface area contributed by atoms with E-state index in [9.17, 15) is 22.4 Å². The summed E-state index contributed by atoms with van der Waals surface area (Å²) in [6.45, 7) is 1.94. The summed E-state index contributed by atoms with van der Waals surface area (Å²) < 4.78 is 54.4. The molecule has 1 aromatic carbocycles. The maximum atomic E-state index is 13.6. The molecule has 2 unspecified atom stereocenters. The zero-order valence-electron chi connectivity index (χ0n) is 18.7. The third kappa shape index (κ3) is 4.14. The molecule has 0 bridgehead atoms. The molecule has 2 aliphatic rings. The van der Waals surface area contributed by atoms with Gasteiger partial charge in [0.2, 0.25) is 10.0 Å². The summed E-state index contributed by atoms with van der Waals surface area (Å²) in [5, 5.41) is 9.62. The Morgan fingerprint density at radius 2 is 2.09 bits per heavy atom. The Morgan fingerprint density at radius 3 is 2.80 bits per heavy atom. The second kappa shape index (κ2) is 8.46. The Bertz CT molecular complexity index is 1420. The van der Waals surface area contributed by atoms with Crippen molar-refractivity contribution in [3.63, 3.8) is 0 Å². The first kappa shape index (κ1) is 23.0. The number of hydrogen-bond donors (Lipinski definition) is 2. The fourth-order valence-electron chi connectivity index (χ4n) is 4.30. The molecule has 1 saturated heterocycles. The van der Waals surface area contributed by atoms with Crippen molar-refractivity contribution in [2.45, 2.75) is 17.9 Å². The largest absolute Gasteiger partial charge is 0.489 e. The van der Waals surface area contributed by atoms with E-state index in [0.717, 1.165) is 0 Å². The van der Waals surface area contributed by atoms with Crippen LogP contribution >= 0.6 is 0 Å². The van der Waals surface area contributed by atoms with Crippen LogP contribution in [0.25, 0.3) is 0 Å². The van der Waals surface area contributed by atoms with Crippen molar-refractivity contribution in [1.82, 2.24) is 24.5 Å². The van der Waals surface area contributed by atoms with Gasteiger partial charge < -0.3 is 19.5 Å². The van der Waals surface area contributed by atoms with Crippen molar-refractivity contribution < 1.29 is 31.8 Å². The number of amides is 2. The van der Waals surface area contributed by atoms with Crippen molar-refractivity contribution in [2.24, 2.45) is 13.0 Å². The van der Waals surface area contributed by atoms with Gasteiger partial charge in [0, 0.05) is 44.0 Å². The van der Waals surface area contributed by atoms with Crippen molar-refractivity contribution in [3.8, 4) is 5.75 Å². The number of rotatable bonds is 3. The quantitative estimate of drug-likeness (QED) is 0.535. The average molecular weight is 505 g/mol. The molecule has 1 fully saturated rings. The summed E-state index contributed by atoms with van der Waals surface area (Å²) in [4.78, 5) is 27.0. The molecule has 4 heterocycles. The lowest BCUT2D eigenvalue weighted by Crippen LogP contribution is -2.43. The molecule has 0 aliphatic carbocycles. The highest BCUT2D eigenvalue weighted by Gasteiger charge is 2.42. The zero-order chi connectivity index (χ0) is 24.9. The number of anilines is 1. The van der Waals surface area contributed by atoms with E-state index in [1.807, 2.05) is 0 Å². The Labute approximate surface area is 199 Å². The molecule has 35 heavy (non-hydrogen) atoms. The van der Waals surface area contributed by atoms with Gasteiger partial charge in [-0.2, -0.15) is 0 Å². The van der Waals surface area contributed by atoms with Crippen LogP contribution in [0.1, 0.15) is 26.5 Å². The Kier molecular flexibility index (Phi) is 5.56. The van der Waals surface area contributed by atoms with Crippen LogP contribution < -0.4 is 14.8 Å². The zero-order valence-corrected chi connectivity index (χ0v) is 19.5. The number of ether oxygens (including phenoxy) is 1. The lowest BCUT2D eigenvalue weighted by atomic mass is 10.1. The predicted molar refractivity (Wildman–Crippen MR) is 118 cm³/mol. The highest BCUT2D eigenvalue weighted by Crippen LogP contribution is 2.35. The molecular weight excluding hydrogens is 483 g/mol. The molecule has 2 aromatic heterocycles. The Morgan fingerprint density at radius 1 is 1.29 bits per heavy atom. The number of nitrogens with zero attached hydrogens (tertiary/aromatic N) is 4. The minimum absolute atomic E-state index is 0.00889. The number of nitrogens with one attached hydrogen (secondary N) is 2. The van der Waals surface area contributed by atoms with E-state index in [0.29, 0.717) is 11.3 Å². The van der Waals surface area contributed by atoms with Crippen LogP contribution in [-0.4, -0.2) is 65.8 Å². The van der Waals surface area contributed by atoms with Crippen LogP contribution in [0.5, 0.6) is 5.75 Å². The van der Waals surface area contributed by atoms with Crippen molar-refractivity contribution in [2.75, 3.05) is 25.0 Å². The molecule has 0 spiro atoms. The summed E-state index contributed by atoms with van der Waals surface area (Å²) in [5.74, 6) is -1.94. The number of fused-ring (bicyclic) bond motifs is 2. The summed E-state index contributed by atoms with van der Waals surface area (Å²) >= 11 is 0. The van der Waals surface area contributed by atoms with Crippen LogP contribution in [0.15, 0.2) is 40.1 Å². The fraction of sp³-hybridized carbons (Fsp3) is 0.333. The lowest BCUT2D eigenvalue weighted by Gasteiger charge is -2.23. The maximum absolute atomic E-state index is 13.6. The molecule has 2 amide bonds. The molecule has 2 aliphatic heterocycles. The lowest BCUT2D eigenvalue weighted by molar-refractivity contribution is 0.0771. The van der Waals surface area contributed by atoms with Gasteiger partial charge in [0.05, 0.1) is 6.61 Å². The third-order valence-corrected chi connectivity index (χ3v) is 7.56. The molecule has 0 saturated carbocycles. The number of halogens is 1. The molecular formula is C21H21FN6O6S. The normalized spacial score (nSPS) is 20.8. The Balaban J connectivity index is 1.42. The number of aryl methyl sites for hydroxylation is 2. The minimum Gasteiger partial charge on any atom is -0.489 e. The van der Waals surface area contributed by atoms with Crippen LogP contribution in [0.2, 0.25) is 0 Å². The summed E-state index contributed by atoms with van der Waals surface area (Å²) in [6.07, 6.45) is 2.48. The molecule has 2 N–H and O–H groups in total. The smallest absolute Gasteiger partial charge is 0.277 e. The second-order valence-corrected chi connectivity index (χ2v) is 10.2. The van der Waals surface area contributed by atoms with Crippen molar-refractivity contribution >= 4 is 27.5 Å². The number of carbonyl (C=O) groups is 2. The average Bonchev–Trinajstić information content (AvgIpc) is 3.53. The standard InChI is InChI=1S/C21H21FN6O6S/c1-11-5-13(3-4-14(11)22)24-20(29)18-19-17(9-27(18)2)35(31,32)26-16-8-28(7-12(16)10-33-19)21(30)15-6-23-34-25-15/h3-6,9,12,16,26H,7-8,10H2,1-2H3,(H,24,29). The van der Waals surface area contributed by atoms with E-state index in [-0.39, 0.29) is 47.6 Å². The monoisotopic (exact) mass is 504 g/mol. The van der Waals surface area contributed by atoms with Gasteiger partial charge in [0.15, 0.2) is 17.1 Å². The van der Waals surface area contributed by atoms with Gasteiger partial charge in [0.25, 0.3) is 11.8 Å². The predicted octanol–water partition coefficient (Wildman–Crippen LogP) is 0.919. The Hall–Kier alpha value is -3.78. The first-order valence-electron chi connectivity index (χ1n) is 10.6. The van der Waals surface area contributed by atoms with Gasteiger partial charge in [-0.3, -0.25) is 9.59 Å². The van der Waals surface area contributed by atoms with E-state index in [4.69, 9.17) is 4.74 Å². The summed E-state index contributed by atoms with van der Waals surface area (Å²) in [6, 6.07) is 3.51. The molecule has 184 valence electrons. The molecule has 12 nitrogen and oxygen atoms in total. The van der Waals surface area contributed by atoms with Crippen LogP contribution in [-0.2, 0) is 17.1 Å². The number of likely N-dealkylation sites (tertiary alicyclic amines) is 1. The SMILES string of the molecule is Cc1cc(NC(=O)c2c3c(cn2C)S(=O)(=O)NC2CN(C(=O)c4cnon4)CC2CO3)ccc1F. The second-order valence-electron chi connectivity index (χ2n) is 8.50. The number of hydrogen-bond acceptors (Lipinski definition) is 8. The van der Waals surface area contributed by atoms with E-state index in [1.54, 1.807) is 6.92 Å². The van der Waals surface area contributed by atoms with E-state index in [2.05, 4.69) is 25.0 Å². The number of sulfonamides is 1. The van der Waals surface area contributed by atoms with E-state index >= 15 is 0 Å².